The number of aliphatic hydroxyl groups excluding tert-OH is 1. The fourth-order valence-corrected chi connectivity index (χ4v) is 2.84. The summed E-state index contributed by atoms with van der Waals surface area (Å²) in [4.78, 5) is 23.8. The summed E-state index contributed by atoms with van der Waals surface area (Å²) in [6, 6.07) is 15.0. The van der Waals surface area contributed by atoms with E-state index in [2.05, 4.69) is 5.32 Å². The lowest BCUT2D eigenvalue weighted by atomic mass is 10.0. The molecule has 0 spiro atoms. The van der Waals surface area contributed by atoms with Crippen molar-refractivity contribution in [2.45, 2.75) is 45.9 Å². The van der Waals surface area contributed by atoms with Crippen molar-refractivity contribution in [3.05, 3.63) is 54.1 Å². The second-order valence-corrected chi connectivity index (χ2v) is 7.96. The number of aliphatic hydroxyl groups is 1. The van der Waals surface area contributed by atoms with Crippen LogP contribution in [-0.2, 0) is 25.6 Å². The van der Waals surface area contributed by atoms with E-state index in [0.29, 0.717) is 18.9 Å². The van der Waals surface area contributed by atoms with Gasteiger partial charge in [0.05, 0.1) is 13.2 Å². The van der Waals surface area contributed by atoms with Gasteiger partial charge in [-0.3, -0.25) is 4.79 Å². The zero-order valence-electron chi connectivity index (χ0n) is 18.5. The van der Waals surface area contributed by atoms with Crippen molar-refractivity contribution >= 4 is 11.9 Å². The highest BCUT2D eigenvalue weighted by Gasteiger charge is 2.20. The first-order valence-corrected chi connectivity index (χ1v) is 10.3. The van der Waals surface area contributed by atoms with E-state index < -0.39 is 24.3 Å². The highest BCUT2D eigenvalue weighted by atomic mass is 16.6. The molecule has 0 aliphatic rings. The molecule has 7 heteroatoms. The molecule has 31 heavy (non-hydrogen) atoms. The number of carbonyl (C=O) groups is 2. The van der Waals surface area contributed by atoms with Crippen molar-refractivity contribution in [2.24, 2.45) is 0 Å². The normalized spacial score (nSPS) is 12.3. The number of hydrogen-bond donors (Lipinski definition) is 2. The van der Waals surface area contributed by atoms with Gasteiger partial charge in [-0.05, 0) is 62.6 Å². The van der Waals surface area contributed by atoms with Crippen LogP contribution in [0.2, 0.25) is 0 Å². The molecular formula is C24H31NO6. The summed E-state index contributed by atoms with van der Waals surface area (Å²) in [5, 5.41) is 12.3. The smallest absolute Gasteiger partial charge is 0.343 e. The SMILES string of the molecule is CCOC(CO)C(=O)Oc1ccc(-c2cccc(CNCC(=O)OC(C)(C)C)c2)cc1. The summed E-state index contributed by atoms with van der Waals surface area (Å²) in [6.45, 7) is 7.80. The van der Waals surface area contributed by atoms with Gasteiger partial charge in [-0.1, -0.05) is 30.3 Å². The van der Waals surface area contributed by atoms with Gasteiger partial charge >= 0.3 is 11.9 Å². The van der Waals surface area contributed by atoms with Gasteiger partial charge in [-0.25, -0.2) is 4.79 Å². The van der Waals surface area contributed by atoms with Crippen molar-refractivity contribution in [3.63, 3.8) is 0 Å². The number of rotatable bonds is 10. The minimum atomic E-state index is -0.991. The molecule has 2 aromatic carbocycles. The third-order valence-corrected chi connectivity index (χ3v) is 4.15. The van der Waals surface area contributed by atoms with Crippen molar-refractivity contribution in [2.75, 3.05) is 19.8 Å². The van der Waals surface area contributed by atoms with Crippen LogP contribution in [0.15, 0.2) is 48.5 Å². The first kappa shape index (κ1) is 24.5. The third kappa shape index (κ3) is 8.49. The van der Waals surface area contributed by atoms with Crippen LogP contribution in [-0.4, -0.2) is 48.5 Å². The van der Waals surface area contributed by atoms with Crippen molar-refractivity contribution in [3.8, 4) is 16.9 Å². The van der Waals surface area contributed by atoms with Crippen LogP contribution in [0.1, 0.15) is 33.3 Å². The Morgan fingerprint density at radius 1 is 1.06 bits per heavy atom. The van der Waals surface area contributed by atoms with E-state index in [1.54, 1.807) is 19.1 Å². The predicted octanol–water partition coefficient (Wildman–Crippen LogP) is 3.09. The van der Waals surface area contributed by atoms with E-state index in [4.69, 9.17) is 14.2 Å². The zero-order chi connectivity index (χ0) is 22.9. The van der Waals surface area contributed by atoms with E-state index >= 15 is 0 Å². The summed E-state index contributed by atoms with van der Waals surface area (Å²) >= 11 is 0. The lowest BCUT2D eigenvalue weighted by Crippen LogP contribution is -2.32. The molecule has 0 saturated heterocycles. The van der Waals surface area contributed by atoms with Crippen molar-refractivity contribution in [1.29, 1.82) is 0 Å². The minimum Gasteiger partial charge on any atom is -0.459 e. The van der Waals surface area contributed by atoms with Gasteiger partial charge in [-0.2, -0.15) is 0 Å². The Balaban J connectivity index is 1.95. The molecule has 7 nitrogen and oxygen atoms in total. The molecule has 2 rings (SSSR count). The largest absolute Gasteiger partial charge is 0.459 e. The van der Waals surface area contributed by atoms with Gasteiger partial charge in [0, 0.05) is 13.2 Å². The molecule has 0 saturated carbocycles. The molecule has 0 aromatic heterocycles. The predicted molar refractivity (Wildman–Crippen MR) is 118 cm³/mol. The molecule has 0 aliphatic carbocycles. The topological polar surface area (TPSA) is 94.1 Å². The quantitative estimate of drug-likeness (QED) is 0.443. The molecule has 1 atom stereocenters. The minimum absolute atomic E-state index is 0.137. The third-order valence-electron chi connectivity index (χ3n) is 4.15. The van der Waals surface area contributed by atoms with Gasteiger partial charge in [0.15, 0.2) is 6.10 Å². The van der Waals surface area contributed by atoms with E-state index in [1.165, 1.54) is 0 Å². The molecule has 0 bridgehead atoms. The summed E-state index contributed by atoms with van der Waals surface area (Å²) in [7, 11) is 0. The Labute approximate surface area is 183 Å². The Morgan fingerprint density at radius 3 is 2.39 bits per heavy atom. The van der Waals surface area contributed by atoms with E-state index in [0.717, 1.165) is 16.7 Å². The summed E-state index contributed by atoms with van der Waals surface area (Å²) in [6.07, 6.45) is -0.991. The van der Waals surface area contributed by atoms with Crippen LogP contribution in [0.25, 0.3) is 11.1 Å². The van der Waals surface area contributed by atoms with Crippen LogP contribution < -0.4 is 10.1 Å². The Kier molecular flexibility index (Phi) is 9.18. The molecular weight excluding hydrogens is 398 g/mol. The molecule has 0 radical (unpaired) electrons. The van der Waals surface area contributed by atoms with E-state index in [9.17, 15) is 14.7 Å². The first-order chi connectivity index (χ1) is 14.7. The lowest BCUT2D eigenvalue weighted by Gasteiger charge is -2.19. The molecule has 0 heterocycles. The van der Waals surface area contributed by atoms with Gasteiger partial charge in [0.1, 0.15) is 11.4 Å². The van der Waals surface area contributed by atoms with Crippen LogP contribution in [0.5, 0.6) is 5.75 Å². The molecule has 2 aromatic rings. The summed E-state index contributed by atoms with van der Waals surface area (Å²) in [5.74, 6) is -0.543. The fraction of sp³-hybridized carbons (Fsp3) is 0.417. The summed E-state index contributed by atoms with van der Waals surface area (Å²) in [5.41, 5.74) is 2.48. The van der Waals surface area contributed by atoms with Gasteiger partial charge < -0.3 is 24.6 Å². The van der Waals surface area contributed by atoms with Crippen LogP contribution in [0.3, 0.4) is 0 Å². The standard InChI is InChI=1S/C24H31NO6/c1-5-29-21(16-26)23(28)30-20-11-9-18(10-12-20)19-8-6-7-17(13-19)14-25-15-22(27)31-24(2,3)4/h6-13,21,25-26H,5,14-16H2,1-4H3. The molecule has 0 fully saturated rings. The maximum atomic E-state index is 12.0. The number of ether oxygens (including phenoxy) is 3. The highest BCUT2D eigenvalue weighted by Crippen LogP contribution is 2.23. The molecule has 0 amide bonds. The molecule has 0 aliphatic heterocycles. The number of esters is 2. The monoisotopic (exact) mass is 429 g/mol. The average molecular weight is 430 g/mol. The first-order valence-electron chi connectivity index (χ1n) is 10.3. The van der Waals surface area contributed by atoms with Crippen molar-refractivity contribution < 1.29 is 28.9 Å². The lowest BCUT2D eigenvalue weighted by molar-refractivity contribution is -0.153. The average Bonchev–Trinajstić information content (AvgIpc) is 2.71. The number of carbonyl (C=O) groups excluding carboxylic acids is 2. The number of nitrogens with one attached hydrogen (secondary N) is 1. The van der Waals surface area contributed by atoms with Crippen molar-refractivity contribution in [1.82, 2.24) is 5.32 Å². The number of hydrogen-bond acceptors (Lipinski definition) is 7. The Morgan fingerprint density at radius 2 is 1.77 bits per heavy atom. The van der Waals surface area contributed by atoms with Gasteiger partial charge in [-0.15, -0.1) is 0 Å². The van der Waals surface area contributed by atoms with Crippen LogP contribution in [0, 0.1) is 0 Å². The second kappa shape index (κ2) is 11.6. The van der Waals surface area contributed by atoms with Crippen LogP contribution in [0.4, 0.5) is 0 Å². The van der Waals surface area contributed by atoms with E-state index in [1.807, 2.05) is 57.2 Å². The highest BCUT2D eigenvalue weighted by molar-refractivity contribution is 5.77. The van der Waals surface area contributed by atoms with E-state index in [-0.39, 0.29) is 12.5 Å². The summed E-state index contributed by atoms with van der Waals surface area (Å²) < 4.78 is 15.7. The fourth-order valence-electron chi connectivity index (χ4n) is 2.84. The Hall–Kier alpha value is -2.74. The maximum Gasteiger partial charge on any atom is 0.343 e. The second-order valence-electron chi connectivity index (χ2n) is 7.96. The zero-order valence-corrected chi connectivity index (χ0v) is 18.5. The van der Waals surface area contributed by atoms with Gasteiger partial charge in [0.25, 0.3) is 0 Å². The molecule has 2 N–H and O–H groups in total. The van der Waals surface area contributed by atoms with Gasteiger partial charge in [0.2, 0.25) is 0 Å². The Bertz CT molecular complexity index is 857. The molecule has 168 valence electrons. The van der Waals surface area contributed by atoms with Crippen LogP contribution >= 0.6 is 0 Å². The molecule has 1 unspecified atom stereocenters. The number of benzene rings is 2. The maximum absolute atomic E-state index is 12.0.